The summed E-state index contributed by atoms with van der Waals surface area (Å²) in [6.45, 7) is 1.86. The number of fused-ring (bicyclic) bond motifs is 1. The first-order chi connectivity index (χ1) is 9.30. The average Bonchev–Trinajstić information content (AvgIpc) is 2.40. The Morgan fingerprint density at radius 2 is 2.05 bits per heavy atom. The molecule has 0 fully saturated rings. The van der Waals surface area contributed by atoms with Gasteiger partial charge in [0.2, 0.25) is 5.91 Å². The Hall–Kier alpha value is -1.34. The van der Waals surface area contributed by atoms with Gasteiger partial charge in [0.1, 0.15) is 11.7 Å². The number of rotatable bonds is 2. The van der Waals surface area contributed by atoms with Gasteiger partial charge in [-0.25, -0.2) is 4.39 Å². The van der Waals surface area contributed by atoms with Crippen molar-refractivity contribution in [1.82, 2.24) is 5.32 Å². The van der Waals surface area contributed by atoms with Crippen LogP contribution in [0.4, 0.5) is 23.2 Å². The van der Waals surface area contributed by atoms with Gasteiger partial charge >= 0.3 is 6.18 Å². The molecule has 1 amide bonds. The molecule has 0 saturated carbocycles. The summed E-state index contributed by atoms with van der Waals surface area (Å²) in [5, 5.41) is 5.08. The molecular weight excluding hydrogens is 312 g/mol. The second-order valence-corrected chi connectivity index (χ2v) is 4.74. The number of benzene rings is 1. The van der Waals surface area contributed by atoms with E-state index in [1.165, 1.54) is 6.07 Å². The Labute approximate surface area is 125 Å². The Kier molecular flexibility index (Phi) is 5.58. The summed E-state index contributed by atoms with van der Waals surface area (Å²) < 4.78 is 51.4. The fourth-order valence-corrected chi connectivity index (χ4v) is 2.02. The van der Waals surface area contributed by atoms with Gasteiger partial charge in [0.15, 0.2) is 0 Å². The van der Waals surface area contributed by atoms with Crippen LogP contribution in [0.3, 0.4) is 0 Å². The van der Waals surface area contributed by atoms with E-state index < -0.39 is 23.8 Å². The van der Waals surface area contributed by atoms with Crippen molar-refractivity contribution < 1.29 is 22.4 Å². The van der Waals surface area contributed by atoms with Gasteiger partial charge in [0.25, 0.3) is 0 Å². The van der Waals surface area contributed by atoms with Crippen LogP contribution in [-0.4, -0.2) is 18.6 Å². The molecule has 0 aromatic heterocycles. The number of alkyl halides is 3. The van der Waals surface area contributed by atoms with E-state index in [1.54, 1.807) is 6.07 Å². The number of amides is 1. The first kappa shape index (κ1) is 17.7. The van der Waals surface area contributed by atoms with Crippen LogP contribution in [0, 0.1) is 11.7 Å². The van der Waals surface area contributed by atoms with Gasteiger partial charge in [-0.15, -0.1) is 12.4 Å². The summed E-state index contributed by atoms with van der Waals surface area (Å²) in [7, 11) is 0. The van der Waals surface area contributed by atoms with Gasteiger partial charge in [-0.2, -0.15) is 13.2 Å². The number of halogens is 5. The Balaban J connectivity index is 0.00000220. The molecule has 3 nitrogen and oxygen atoms in total. The first-order valence-corrected chi connectivity index (χ1v) is 6.19. The van der Waals surface area contributed by atoms with Crippen LogP contribution < -0.4 is 10.6 Å². The Morgan fingerprint density at radius 1 is 1.38 bits per heavy atom. The standard InChI is InChI=1S/C13H14F4N2O.ClH/c1-7(13(15,16)17)12(20)19-10-3-2-8-6-18-5-4-9(8)11(10)14;/h2-3,7,18H,4-6H2,1H3,(H,19,20);1H. The zero-order valence-corrected chi connectivity index (χ0v) is 12.0. The van der Waals surface area contributed by atoms with E-state index in [0.717, 1.165) is 12.5 Å². The maximum absolute atomic E-state index is 14.2. The minimum Gasteiger partial charge on any atom is -0.323 e. The number of hydrogen-bond donors (Lipinski definition) is 2. The molecule has 1 aliphatic heterocycles. The van der Waals surface area contributed by atoms with Crippen LogP contribution in [0.2, 0.25) is 0 Å². The fraction of sp³-hybridized carbons (Fsp3) is 0.462. The summed E-state index contributed by atoms with van der Waals surface area (Å²) >= 11 is 0. The van der Waals surface area contributed by atoms with E-state index in [0.29, 0.717) is 25.1 Å². The van der Waals surface area contributed by atoms with Crippen LogP contribution in [0.25, 0.3) is 0 Å². The summed E-state index contributed by atoms with van der Waals surface area (Å²) in [6, 6.07) is 2.90. The van der Waals surface area contributed by atoms with Gasteiger partial charge in [-0.1, -0.05) is 6.07 Å². The molecule has 0 saturated heterocycles. The van der Waals surface area contributed by atoms with Gasteiger partial charge in [0.05, 0.1) is 5.69 Å². The zero-order valence-electron chi connectivity index (χ0n) is 11.2. The highest BCUT2D eigenvalue weighted by molar-refractivity contribution is 5.93. The van der Waals surface area contributed by atoms with Crippen molar-refractivity contribution in [2.75, 3.05) is 11.9 Å². The minimum absolute atomic E-state index is 0. The predicted octanol–water partition coefficient (Wildman–Crippen LogP) is 3.03. The predicted molar refractivity (Wildman–Crippen MR) is 72.9 cm³/mol. The van der Waals surface area contributed by atoms with Gasteiger partial charge < -0.3 is 10.6 Å². The van der Waals surface area contributed by atoms with Crippen molar-refractivity contribution in [3.05, 3.63) is 29.1 Å². The highest BCUT2D eigenvalue weighted by Crippen LogP contribution is 2.29. The van der Waals surface area contributed by atoms with Crippen molar-refractivity contribution >= 4 is 24.0 Å². The van der Waals surface area contributed by atoms with Gasteiger partial charge in [0, 0.05) is 6.54 Å². The van der Waals surface area contributed by atoms with E-state index in [9.17, 15) is 22.4 Å². The lowest BCUT2D eigenvalue weighted by atomic mass is 9.99. The molecule has 1 aromatic rings. The molecule has 0 aliphatic carbocycles. The molecule has 21 heavy (non-hydrogen) atoms. The highest BCUT2D eigenvalue weighted by Gasteiger charge is 2.41. The fourth-order valence-electron chi connectivity index (χ4n) is 2.02. The molecule has 0 bridgehead atoms. The third kappa shape index (κ3) is 3.85. The summed E-state index contributed by atoms with van der Waals surface area (Å²) in [5.41, 5.74) is 1.00. The van der Waals surface area contributed by atoms with Crippen LogP contribution >= 0.6 is 12.4 Å². The van der Waals surface area contributed by atoms with Crippen molar-refractivity contribution in [2.45, 2.75) is 26.1 Å². The molecule has 2 N–H and O–H groups in total. The molecular formula is C13H15ClF4N2O. The Morgan fingerprint density at radius 3 is 2.67 bits per heavy atom. The number of nitrogens with one attached hydrogen (secondary N) is 2. The van der Waals surface area contributed by atoms with E-state index in [2.05, 4.69) is 5.32 Å². The lowest BCUT2D eigenvalue weighted by Gasteiger charge is -2.20. The highest BCUT2D eigenvalue weighted by atomic mass is 35.5. The maximum Gasteiger partial charge on any atom is 0.400 e. The third-order valence-corrected chi connectivity index (χ3v) is 3.35. The quantitative estimate of drug-likeness (QED) is 0.820. The summed E-state index contributed by atoms with van der Waals surface area (Å²) in [4.78, 5) is 11.5. The van der Waals surface area contributed by atoms with Crippen LogP contribution in [-0.2, 0) is 17.8 Å². The van der Waals surface area contributed by atoms with Crippen molar-refractivity contribution in [3.63, 3.8) is 0 Å². The zero-order chi connectivity index (χ0) is 14.9. The number of carbonyl (C=O) groups is 1. The second kappa shape index (κ2) is 6.62. The molecule has 8 heteroatoms. The number of hydrogen-bond acceptors (Lipinski definition) is 2. The van der Waals surface area contributed by atoms with E-state index in [1.807, 2.05) is 5.32 Å². The molecule has 2 rings (SSSR count). The molecule has 1 atom stereocenters. The average molecular weight is 327 g/mol. The molecule has 1 unspecified atom stereocenters. The van der Waals surface area contributed by atoms with E-state index >= 15 is 0 Å². The smallest absolute Gasteiger partial charge is 0.323 e. The van der Waals surface area contributed by atoms with Crippen LogP contribution in [0.1, 0.15) is 18.1 Å². The molecule has 0 radical (unpaired) electrons. The van der Waals surface area contributed by atoms with Crippen molar-refractivity contribution in [2.24, 2.45) is 5.92 Å². The lowest BCUT2D eigenvalue weighted by molar-refractivity contribution is -0.175. The molecule has 118 valence electrons. The summed E-state index contributed by atoms with van der Waals surface area (Å²) in [5.74, 6) is -4.09. The molecule has 1 aromatic carbocycles. The maximum atomic E-state index is 14.2. The van der Waals surface area contributed by atoms with E-state index in [-0.39, 0.29) is 18.1 Å². The SMILES string of the molecule is CC(C(=O)Nc1ccc2c(c1F)CCNC2)C(F)(F)F.Cl. The number of anilines is 1. The van der Waals surface area contributed by atoms with Gasteiger partial charge in [-0.05, 0) is 37.1 Å². The normalized spacial score (nSPS) is 15.7. The first-order valence-electron chi connectivity index (χ1n) is 6.19. The molecule has 0 spiro atoms. The third-order valence-electron chi connectivity index (χ3n) is 3.35. The van der Waals surface area contributed by atoms with Crippen LogP contribution in [0.5, 0.6) is 0 Å². The largest absolute Gasteiger partial charge is 0.400 e. The van der Waals surface area contributed by atoms with Crippen molar-refractivity contribution in [1.29, 1.82) is 0 Å². The van der Waals surface area contributed by atoms with Gasteiger partial charge in [-0.3, -0.25) is 4.79 Å². The number of carbonyl (C=O) groups excluding carboxylic acids is 1. The van der Waals surface area contributed by atoms with E-state index in [4.69, 9.17) is 0 Å². The topological polar surface area (TPSA) is 41.1 Å². The van der Waals surface area contributed by atoms with Crippen LogP contribution in [0.15, 0.2) is 12.1 Å². The lowest BCUT2D eigenvalue weighted by Crippen LogP contribution is -2.33. The minimum atomic E-state index is -4.64. The second-order valence-electron chi connectivity index (χ2n) is 4.74. The van der Waals surface area contributed by atoms with Crippen molar-refractivity contribution in [3.8, 4) is 0 Å². The molecule has 1 heterocycles. The monoisotopic (exact) mass is 326 g/mol. The Bertz CT molecular complexity index is 534. The summed E-state index contributed by atoms with van der Waals surface area (Å²) in [6.07, 6.45) is -4.20. The molecule has 1 aliphatic rings.